The number of hydrogen-bond acceptors (Lipinski definition) is 6. The highest BCUT2D eigenvalue weighted by atomic mass is 32.2. The van der Waals surface area contributed by atoms with E-state index >= 15 is 0 Å². The molecule has 0 heterocycles. The summed E-state index contributed by atoms with van der Waals surface area (Å²) in [6.45, 7) is -0.298. The Morgan fingerprint density at radius 2 is 1.91 bits per heavy atom. The summed E-state index contributed by atoms with van der Waals surface area (Å²) in [5.41, 5.74) is 0.495. The quantitative estimate of drug-likeness (QED) is 0.508. The molecule has 2 amide bonds. The van der Waals surface area contributed by atoms with Crippen molar-refractivity contribution < 1.29 is 27.1 Å². The number of likely N-dealkylation sites (N-methyl/N-ethyl adjacent to an activating group) is 1. The highest BCUT2D eigenvalue weighted by Crippen LogP contribution is 2.17. The standard InChI is InChI=1S/C21H26FN3O5S2/c1-25(14-20(26)23-15-7-6-8-16(13-15)30-2)21(27)18(11-12-31-3)24-32(28,29)19-10-5-4-9-17(19)22/h4-10,13,18,24H,11-12,14H2,1-3H3,(H,23,26). The van der Waals surface area contributed by atoms with E-state index in [0.717, 1.165) is 17.0 Å². The molecule has 0 aliphatic carbocycles. The maximum Gasteiger partial charge on any atom is 0.244 e. The second-order valence-corrected chi connectivity index (χ2v) is 9.53. The van der Waals surface area contributed by atoms with Crippen molar-refractivity contribution in [2.75, 3.05) is 38.0 Å². The number of halogens is 1. The Morgan fingerprint density at radius 1 is 1.19 bits per heavy atom. The Balaban J connectivity index is 2.10. The smallest absolute Gasteiger partial charge is 0.244 e. The van der Waals surface area contributed by atoms with Crippen LogP contribution in [-0.2, 0) is 19.6 Å². The molecule has 0 saturated carbocycles. The molecule has 174 valence electrons. The highest BCUT2D eigenvalue weighted by Gasteiger charge is 2.29. The zero-order valence-corrected chi connectivity index (χ0v) is 19.6. The SMILES string of the molecule is COc1cccc(NC(=O)CN(C)C(=O)C(CCSC)NS(=O)(=O)c2ccccc2F)c1. The molecule has 0 aliphatic rings. The van der Waals surface area contributed by atoms with E-state index in [9.17, 15) is 22.4 Å². The van der Waals surface area contributed by atoms with Crippen LogP contribution in [-0.4, -0.2) is 63.9 Å². The first-order valence-corrected chi connectivity index (χ1v) is 12.5. The number of benzene rings is 2. The van der Waals surface area contributed by atoms with Gasteiger partial charge in [-0.2, -0.15) is 16.5 Å². The molecule has 2 N–H and O–H groups in total. The Kier molecular flexibility index (Phi) is 9.48. The Bertz CT molecular complexity index is 1050. The monoisotopic (exact) mass is 483 g/mol. The van der Waals surface area contributed by atoms with Crippen LogP contribution >= 0.6 is 11.8 Å². The Labute approximate surface area is 191 Å². The van der Waals surface area contributed by atoms with Gasteiger partial charge in [-0.25, -0.2) is 12.8 Å². The Morgan fingerprint density at radius 3 is 2.56 bits per heavy atom. The van der Waals surface area contributed by atoms with E-state index in [1.54, 1.807) is 24.3 Å². The lowest BCUT2D eigenvalue weighted by atomic mass is 10.2. The summed E-state index contributed by atoms with van der Waals surface area (Å²) in [6, 6.07) is 10.5. The van der Waals surface area contributed by atoms with E-state index in [1.165, 1.54) is 38.1 Å². The molecule has 8 nitrogen and oxygen atoms in total. The van der Waals surface area contributed by atoms with Crippen LogP contribution in [0.2, 0.25) is 0 Å². The average Bonchev–Trinajstić information content (AvgIpc) is 2.76. The number of hydrogen-bond donors (Lipinski definition) is 2. The van der Waals surface area contributed by atoms with E-state index in [2.05, 4.69) is 10.0 Å². The lowest BCUT2D eigenvalue weighted by Crippen LogP contribution is -2.49. The van der Waals surface area contributed by atoms with Crippen molar-refractivity contribution in [2.45, 2.75) is 17.4 Å². The number of carbonyl (C=O) groups is 2. The van der Waals surface area contributed by atoms with Crippen molar-refractivity contribution in [3.05, 3.63) is 54.3 Å². The van der Waals surface area contributed by atoms with Crippen LogP contribution in [0.3, 0.4) is 0 Å². The molecule has 2 rings (SSSR count). The van der Waals surface area contributed by atoms with Gasteiger partial charge in [0, 0.05) is 18.8 Å². The van der Waals surface area contributed by atoms with E-state index < -0.39 is 38.6 Å². The van der Waals surface area contributed by atoms with Gasteiger partial charge in [-0.15, -0.1) is 0 Å². The lowest BCUT2D eigenvalue weighted by molar-refractivity contribution is -0.134. The van der Waals surface area contributed by atoms with E-state index in [1.807, 2.05) is 6.26 Å². The predicted molar refractivity (Wildman–Crippen MR) is 123 cm³/mol. The number of carbonyl (C=O) groups excluding carboxylic acids is 2. The third-order valence-corrected chi connectivity index (χ3v) is 6.59. The fourth-order valence-corrected chi connectivity index (χ4v) is 4.62. The van der Waals surface area contributed by atoms with E-state index in [0.29, 0.717) is 17.2 Å². The zero-order chi connectivity index (χ0) is 23.7. The first-order valence-electron chi connectivity index (χ1n) is 9.62. The first kappa shape index (κ1) is 25.6. The van der Waals surface area contributed by atoms with Gasteiger partial charge in [-0.3, -0.25) is 9.59 Å². The largest absolute Gasteiger partial charge is 0.497 e. The van der Waals surface area contributed by atoms with Crippen LogP contribution in [0.15, 0.2) is 53.4 Å². The number of methoxy groups -OCH3 is 1. The summed E-state index contributed by atoms with van der Waals surface area (Å²) in [5, 5.41) is 2.66. The molecule has 2 aromatic carbocycles. The summed E-state index contributed by atoms with van der Waals surface area (Å²) < 4.78 is 46.7. The van der Waals surface area contributed by atoms with Crippen molar-refractivity contribution in [1.82, 2.24) is 9.62 Å². The van der Waals surface area contributed by atoms with Gasteiger partial charge in [0.1, 0.15) is 22.5 Å². The molecule has 0 aromatic heterocycles. The van der Waals surface area contributed by atoms with Crippen LogP contribution in [0.5, 0.6) is 5.75 Å². The number of nitrogens with one attached hydrogen (secondary N) is 2. The van der Waals surface area contributed by atoms with Crippen LogP contribution in [0, 0.1) is 5.82 Å². The fraction of sp³-hybridized carbons (Fsp3) is 0.333. The fourth-order valence-electron chi connectivity index (χ4n) is 2.84. The molecular weight excluding hydrogens is 457 g/mol. The molecular formula is C21H26FN3O5S2. The molecule has 0 saturated heterocycles. The summed E-state index contributed by atoms with van der Waals surface area (Å²) in [4.78, 5) is 25.9. The van der Waals surface area contributed by atoms with E-state index in [-0.39, 0.29) is 13.0 Å². The van der Waals surface area contributed by atoms with Crippen LogP contribution in [0.25, 0.3) is 0 Å². The first-order chi connectivity index (χ1) is 15.2. The van der Waals surface area contributed by atoms with Gasteiger partial charge in [0.15, 0.2) is 0 Å². The summed E-state index contributed by atoms with van der Waals surface area (Å²) in [5.74, 6) is -0.927. The molecule has 2 aromatic rings. The summed E-state index contributed by atoms with van der Waals surface area (Å²) in [7, 11) is -1.38. The van der Waals surface area contributed by atoms with Crippen molar-refractivity contribution in [1.29, 1.82) is 0 Å². The summed E-state index contributed by atoms with van der Waals surface area (Å²) >= 11 is 1.43. The number of anilines is 1. The van der Waals surface area contributed by atoms with Crippen molar-refractivity contribution >= 4 is 39.3 Å². The van der Waals surface area contributed by atoms with Gasteiger partial charge < -0.3 is 15.0 Å². The van der Waals surface area contributed by atoms with Crippen LogP contribution < -0.4 is 14.8 Å². The van der Waals surface area contributed by atoms with Crippen LogP contribution in [0.4, 0.5) is 10.1 Å². The predicted octanol–water partition coefficient (Wildman–Crippen LogP) is 2.33. The van der Waals surface area contributed by atoms with Gasteiger partial charge in [0.25, 0.3) is 0 Å². The molecule has 1 unspecified atom stereocenters. The lowest BCUT2D eigenvalue weighted by Gasteiger charge is -2.24. The highest BCUT2D eigenvalue weighted by molar-refractivity contribution is 7.98. The number of amides is 2. The Hall–Kier alpha value is -2.63. The number of sulfonamides is 1. The second kappa shape index (κ2) is 11.8. The number of rotatable bonds is 11. The maximum atomic E-state index is 14.0. The molecule has 0 radical (unpaired) electrons. The minimum atomic E-state index is -4.28. The van der Waals surface area contributed by atoms with Crippen molar-refractivity contribution in [2.24, 2.45) is 0 Å². The third kappa shape index (κ3) is 7.21. The topological polar surface area (TPSA) is 105 Å². The van der Waals surface area contributed by atoms with E-state index in [4.69, 9.17) is 4.74 Å². The second-order valence-electron chi connectivity index (χ2n) is 6.86. The normalized spacial score (nSPS) is 12.1. The molecule has 11 heteroatoms. The zero-order valence-electron chi connectivity index (χ0n) is 18.0. The number of thioether (sulfide) groups is 1. The van der Waals surface area contributed by atoms with Gasteiger partial charge in [0.05, 0.1) is 13.7 Å². The minimum absolute atomic E-state index is 0.176. The van der Waals surface area contributed by atoms with Crippen LogP contribution in [0.1, 0.15) is 6.42 Å². The van der Waals surface area contributed by atoms with Gasteiger partial charge in [-0.1, -0.05) is 18.2 Å². The average molecular weight is 484 g/mol. The minimum Gasteiger partial charge on any atom is -0.497 e. The number of nitrogens with zero attached hydrogens (tertiary/aromatic N) is 1. The third-order valence-electron chi connectivity index (χ3n) is 4.44. The van der Waals surface area contributed by atoms with Gasteiger partial charge in [-0.05, 0) is 42.7 Å². The van der Waals surface area contributed by atoms with Gasteiger partial charge in [0.2, 0.25) is 21.8 Å². The number of ether oxygens (including phenoxy) is 1. The molecule has 0 aliphatic heterocycles. The molecule has 1 atom stereocenters. The summed E-state index contributed by atoms with van der Waals surface area (Å²) in [6.07, 6.45) is 1.99. The maximum absolute atomic E-state index is 14.0. The molecule has 0 bridgehead atoms. The molecule has 32 heavy (non-hydrogen) atoms. The van der Waals surface area contributed by atoms with Crippen molar-refractivity contribution in [3.8, 4) is 5.75 Å². The molecule has 0 spiro atoms. The molecule has 0 fully saturated rings. The van der Waals surface area contributed by atoms with Crippen molar-refractivity contribution in [3.63, 3.8) is 0 Å². The van der Waals surface area contributed by atoms with Gasteiger partial charge >= 0.3 is 0 Å².